The molecule has 0 aliphatic heterocycles. The van der Waals surface area contributed by atoms with Crippen LogP contribution in [0.25, 0.3) is 5.65 Å². The molecule has 2 N–H and O–H groups in total. The molecule has 2 atom stereocenters. The lowest BCUT2D eigenvalue weighted by atomic mass is 9.87. The van der Waals surface area contributed by atoms with Gasteiger partial charge in [0.25, 0.3) is 0 Å². The smallest absolute Gasteiger partial charge is 0.182 e. The quantitative estimate of drug-likeness (QED) is 0.842. The lowest BCUT2D eigenvalue weighted by Crippen LogP contribution is -2.29. The third kappa shape index (κ3) is 1.78. The van der Waals surface area contributed by atoms with Gasteiger partial charge in [-0.2, -0.15) is 0 Å². The van der Waals surface area contributed by atoms with Crippen molar-refractivity contribution < 1.29 is 0 Å². The molecule has 0 saturated heterocycles. The van der Waals surface area contributed by atoms with Gasteiger partial charge in [0.15, 0.2) is 5.65 Å². The van der Waals surface area contributed by atoms with Crippen molar-refractivity contribution in [2.24, 2.45) is 11.7 Å². The average molecular weight is 219 g/mol. The topological polar surface area (TPSA) is 69.1 Å². The Kier molecular flexibility index (Phi) is 2.87. The Morgan fingerprint density at radius 2 is 2.06 bits per heavy atom. The van der Waals surface area contributed by atoms with Crippen molar-refractivity contribution >= 4 is 5.65 Å². The fourth-order valence-electron chi connectivity index (χ4n) is 2.19. The van der Waals surface area contributed by atoms with Gasteiger partial charge in [-0.15, -0.1) is 10.2 Å². The summed E-state index contributed by atoms with van der Waals surface area (Å²) in [6.07, 6.45) is 5.29. The standard InChI is InChI=1S/C11H17N5/c1-7(2)9(8(3)12)10-11-15-14-6-16(11)5-4-13-10/h4-9H,12H2,1-3H3. The van der Waals surface area contributed by atoms with Crippen LogP contribution in [0.2, 0.25) is 0 Å². The van der Waals surface area contributed by atoms with Crippen molar-refractivity contribution in [1.82, 2.24) is 19.6 Å². The number of nitrogens with zero attached hydrogens (tertiary/aromatic N) is 4. The van der Waals surface area contributed by atoms with Crippen molar-refractivity contribution in [3.63, 3.8) is 0 Å². The molecule has 5 heteroatoms. The third-order valence-corrected chi connectivity index (χ3v) is 2.84. The molecular formula is C11H17N5. The van der Waals surface area contributed by atoms with Crippen molar-refractivity contribution in [3.05, 3.63) is 24.4 Å². The molecule has 0 amide bonds. The van der Waals surface area contributed by atoms with Gasteiger partial charge in [0.2, 0.25) is 0 Å². The van der Waals surface area contributed by atoms with Crippen LogP contribution in [0, 0.1) is 5.92 Å². The first kappa shape index (κ1) is 11.0. The third-order valence-electron chi connectivity index (χ3n) is 2.84. The summed E-state index contributed by atoms with van der Waals surface area (Å²) in [7, 11) is 0. The van der Waals surface area contributed by atoms with Gasteiger partial charge in [-0.1, -0.05) is 13.8 Å². The molecule has 0 saturated carbocycles. The maximum atomic E-state index is 6.03. The Hall–Kier alpha value is -1.49. The first-order chi connectivity index (χ1) is 7.61. The van der Waals surface area contributed by atoms with E-state index >= 15 is 0 Å². The number of aromatic nitrogens is 4. The SMILES string of the molecule is CC(C)C(c1nccn2cnnc12)C(C)N. The van der Waals surface area contributed by atoms with Crippen LogP contribution in [0.3, 0.4) is 0 Å². The number of nitrogens with two attached hydrogens (primary N) is 1. The Labute approximate surface area is 94.7 Å². The van der Waals surface area contributed by atoms with E-state index in [1.165, 1.54) is 0 Å². The van der Waals surface area contributed by atoms with Gasteiger partial charge in [0, 0.05) is 24.4 Å². The molecule has 0 aliphatic carbocycles. The largest absolute Gasteiger partial charge is 0.327 e. The maximum Gasteiger partial charge on any atom is 0.182 e. The van der Waals surface area contributed by atoms with Crippen LogP contribution in [0.5, 0.6) is 0 Å². The van der Waals surface area contributed by atoms with E-state index in [1.54, 1.807) is 12.5 Å². The van der Waals surface area contributed by atoms with Gasteiger partial charge in [0.05, 0.1) is 5.69 Å². The summed E-state index contributed by atoms with van der Waals surface area (Å²) in [6.45, 7) is 6.30. The highest BCUT2D eigenvalue weighted by molar-refractivity contribution is 5.44. The minimum atomic E-state index is 0.0513. The lowest BCUT2D eigenvalue weighted by Gasteiger charge is -2.23. The summed E-state index contributed by atoms with van der Waals surface area (Å²) in [4.78, 5) is 4.42. The molecule has 0 bridgehead atoms. The summed E-state index contributed by atoms with van der Waals surface area (Å²) < 4.78 is 1.88. The molecule has 0 aliphatic rings. The molecule has 2 rings (SSSR count). The first-order valence-corrected chi connectivity index (χ1v) is 5.51. The van der Waals surface area contributed by atoms with Crippen LogP contribution < -0.4 is 5.73 Å². The van der Waals surface area contributed by atoms with Crippen LogP contribution in [0.15, 0.2) is 18.7 Å². The van der Waals surface area contributed by atoms with E-state index in [0.717, 1.165) is 11.3 Å². The van der Waals surface area contributed by atoms with Crippen LogP contribution >= 0.6 is 0 Å². The highest BCUT2D eigenvalue weighted by Crippen LogP contribution is 2.27. The summed E-state index contributed by atoms with van der Waals surface area (Å²) in [5, 5.41) is 7.99. The second-order valence-corrected chi connectivity index (χ2v) is 4.50. The summed E-state index contributed by atoms with van der Waals surface area (Å²) in [6, 6.07) is 0.0513. The molecular weight excluding hydrogens is 202 g/mol. The van der Waals surface area contributed by atoms with Crippen molar-refractivity contribution in [1.29, 1.82) is 0 Å². The van der Waals surface area contributed by atoms with E-state index in [-0.39, 0.29) is 12.0 Å². The zero-order valence-electron chi connectivity index (χ0n) is 9.83. The van der Waals surface area contributed by atoms with Gasteiger partial charge < -0.3 is 5.73 Å². The van der Waals surface area contributed by atoms with E-state index in [4.69, 9.17) is 5.73 Å². The first-order valence-electron chi connectivity index (χ1n) is 5.51. The number of fused-ring (bicyclic) bond motifs is 1. The van der Waals surface area contributed by atoms with Gasteiger partial charge in [-0.05, 0) is 12.8 Å². The summed E-state index contributed by atoms with van der Waals surface area (Å²) >= 11 is 0. The zero-order valence-corrected chi connectivity index (χ0v) is 9.83. The molecule has 0 radical (unpaired) electrons. The van der Waals surface area contributed by atoms with E-state index in [0.29, 0.717) is 5.92 Å². The van der Waals surface area contributed by atoms with E-state index in [2.05, 4.69) is 29.0 Å². The molecule has 86 valence electrons. The minimum Gasteiger partial charge on any atom is -0.327 e. The van der Waals surface area contributed by atoms with Crippen LogP contribution in [-0.4, -0.2) is 25.6 Å². The van der Waals surface area contributed by atoms with Crippen LogP contribution in [0.1, 0.15) is 32.4 Å². The van der Waals surface area contributed by atoms with E-state index in [9.17, 15) is 0 Å². The Morgan fingerprint density at radius 1 is 1.31 bits per heavy atom. The number of hydrogen-bond donors (Lipinski definition) is 1. The molecule has 0 fully saturated rings. The fraction of sp³-hybridized carbons (Fsp3) is 0.545. The fourth-order valence-corrected chi connectivity index (χ4v) is 2.19. The molecule has 5 nitrogen and oxygen atoms in total. The maximum absolute atomic E-state index is 6.03. The van der Waals surface area contributed by atoms with Crippen molar-refractivity contribution in [3.8, 4) is 0 Å². The van der Waals surface area contributed by atoms with Gasteiger partial charge in [-0.25, -0.2) is 0 Å². The molecule has 2 heterocycles. The number of hydrogen-bond acceptors (Lipinski definition) is 4. The molecule has 0 aromatic carbocycles. The predicted octanol–water partition coefficient (Wildman–Crippen LogP) is 1.21. The van der Waals surface area contributed by atoms with Gasteiger partial charge >= 0.3 is 0 Å². The summed E-state index contributed by atoms with van der Waals surface area (Å²) in [5.74, 6) is 0.628. The normalized spacial score (nSPS) is 15.6. The minimum absolute atomic E-state index is 0.0513. The molecule has 16 heavy (non-hydrogen) atoms. The molecule has 2 aromatic heterocycles. The van der Waals surface area contributed by atoms with Gasteiger partial charge in [-0.3, -0.25) is 9.38 Å². The molecule has 2 unspecified atom stereocenters. The van der Waals surface area contributed by atoms with Crippen molar-refractivity contribution in [2.75, 3.05) is 0 Å². The van der Waals surface area contributed by atoms with Crippen molar-refractivity contribution in [2.45, 2.75) is 32.7 Å². The monoisotopic (exact) mass is 219 g/mol. The summed E-state index contributed by atoms with van der Waals surface area (Å²) in [5.41, 5.74) is 7.77. The zero-order chi connectivity index (χ0) is 11.7. The Balaban J connectivity index is 2.56. The van der Waals surface area contributed by atoms with Crippen LogP contribution in [0.4, 0.5) is 0 Å². The Bertz CT molecular complexity index is 466. The second kappa shape index (κ2) is 4.17. The van der Waals surface area contributed by atoms with Crippen LogP contribution in [-0.2, 0) is 0 Å². The molecule has 0 spiro atoms. The number of rotatable bonds is 3. The second-order valence-electron chi connectivity index (χ2n) is 4.50. The Morgan fingerprint density at radius 3 is 2.69 bits per heavy atom. The predicted molar refractivity (Wildman–Crippen MR) is 62.0 cm³/mol. The highest BCUT2D eigenvalue weighted by atomic mass is 15.2. The lowest BCUT2D eigenvalue weighted by molar-refractivity contribution is 0.428. The highest BCUT2D eigenvalue weighted by Gasteiger charge is 2.24. The average Bonchev–Trinajstić information content (AvgIpc) is 2.65. The van der Waals surface area contributed by atoms with E-state index < -0.39 is 0 Å². The molecule has 2 aromatic rings. The van der Waals surface area contributed by atoms with E-state index in [1.807, 2.05) is 17.5 Å². The van der Waals surface area contributed by atoms with Gasteiger partial charge in [0.1, 0.15) is 6.33 Å².